The van der Waals surface area contributed by atoms with Crippen LogP contribution in [0.1, 0.15) is 46.6 Å². The van der Waals surface area contributed by atoms with Gasteiger partial charge in [-0.2, -0.15) is 0 Å². The Hall–Kier alpha value is -1.36. The molecule has 0 bridgehead atoms. The molecule has 5 nitrogen and oxygen atoms in total. The lowest BCUT2D eigenvalue weighted by molar-refractivity contribution is 0.417. The number of anilines is 1. The van der Waals surface area contributed by atoms with Crippen molar-refractivity contribution >= 4 is 5.82 Å². The highest BCUT2D eigenvalue weighted by atomic mass is 16.1. The summed E-state index contributed by atoms with van der Waals surface area (Å²) in [4.78, 5) is 16.2. The number of nitrogens with one attached hydrogen (secondary N) is 1. The lowest BCUT2D eigenvalue weighted by atomic mass is 9.94. The van der Waals surface area contributed by atoms with Crippen molar-refractivity contribution in [2.45, 2.75) is 52.1 Å². The van der Waals surface area contributed by atoms with E-state index in [-0.39, 0.29) is 17.1 Å². The monoisotopic (exact) mass is 252 g/mol. The fourth-order valence-corrected chi connectivity index (χ4v) is 1.71. The zero-order chi connectivity index (χ0) is 13.8. The van der Waals surface area contributed by atoms with Crippen LogP contribution in [0, 0.1) is 0 Å². The van der Waals surface area contributed by atoms with E-state index < -0.39 is 0 Å². The first-order chi connectivity index (χ1) is 8.43. The highest BCUT2D eigenvalue weighted by Gasteiger charge is 2.20. The second kappa shape index (κ2) is 6.00. The van der Waals surface area contributed by atoms with Crippen molar-refractivity contribution in [2.75, 3.05) is 11.9 Å². The highest BCUT2D eigenvalue weighted by molar-refractivity contribution is 5.31. The molecule has 0 aromatic carbocycles. The van der Waals surface area contributed by atoms with E-state index in [9.17, 15) is 4.79 Å². The minimum absolute atomic E-state index is 0.0953. The van der Waals surface area contributed by atoms with Gasteiger partial charge in [0.1, 0.15) is 0 Å². The maximum absolute atomic E-state index is 12.1. The quantitative estimate of drug-likeness (QED) is 0.809. The molecule has 0 aliphatic rings. The molecule has 1 aromatic rings. The molecule has 1 rings (SSSR count). The maximum atomic E-state index is 12.1. The predicted molar refractivity (Wildman–Crippen MR) is 74.9 cm³/mol. The summed E-state index contributed by atoms with van der Waals surface area (Å²) in [5.41, 5.74) is 5.81. The van der Waals surface area contributed by atoms with E-state index in [0.29, 0.717) is 12.4 Å². The van der Waals surface area contributed by atoms with Crippen molar-refractivity contribution in [2.24, 2.45) is 5.73 Å². The molecule has 1 heterocycles. The Morgan fingerprint density at radius 1 is 1.44 bits per heavy atom. The van der Waals surface area contributed by atoms with E-state index in [1.165, 1.54) is 0 Å². The highest BCUT2D eigenvalue weighted by Crippen LogP contribution is 2.11. The molecule has 5 heteroatoms. The largest absolute Gasteiger partial charge is 0.364 e. The zero-order valence-electron chi connectivity index (χ0n) is 11.7. The standard InChI is InChI=1S/C13H24N4O/c1-5-13(14,6-2)9-16-11-12(18)17(10(3)4)8-7-15-11/h7-8,10H,5-6,9,14H2,1-4H3,(H,15,16). The van der Waals surface area contributed by atoms with Crippen molar-refractivity contribution in [3.8, 4) is 0 Å². The van der Waals surface area contributed by atoms with Crippen LogP contribution in [0.4, 0.5) is 5.82 Å². The van der Waals surface area contributed by atoms with Gasteiger partial charge in [-0.25, -0.2) is 4.98 Å². The van der Waals surface area contributed by atoms with Crippen LogP contribution >= 0.6 is 0 Å². The molecule has 1 aromatic heterocycles. The summed E-state index contributed by atoms with van der Waals surface area (Å²) in [5, 5.41) is 3.08. The van der Waals surface area contributed by atoms with Crippen LogP contribution in [0.25, 0.3) is 0 Å². The molecule has 0 atom stereocenters. The Balaban J connectivity index is 2.87. The molecule has 0 saturated carbocycles. The summed E-state index contributed by atoms with van der Waals surface area (Å²) in [6, 6.07) is 0.126. The Labute approximate surface area is 108 Å². The first kappa shape index (κ1) is 14.7. The first-order valence-corrected chi connectivity index (χ1v) is 6.53. The summed E-state index contributed by atoms with van der Waals surface area (Å²) in [7, 11) is 0. The topological polar surface area (TPSA) is 72.9 Å². The Morgan fingerprint density at radius 3 is 2.56 bits per heavy atom. The van der Waals surface area contributed by atoms with Crippen LogP contribution in [-0.4, -0.2) is 21.6 Å². The van der Waals surface area contributed by atoms with Gasteiger partial charge < -0.3 is 15.6 Å². The maximum Gasteiger partial charge on any atom is 0.293 e. The van der Waals surface area contributed by atoms with Gasteiger partial charge in [0, 0.05) is 30.5 Å². The van der Waals surface area contributed by atoms with Gasteiger partial charge in [-0.05, 0) is 26.7 Å². The number of nitrogens with two attached hydrogens (primary N) is 1. The van der Waals surface area contributed by atoms with E-state index in [1.54, 1.807) is 17.0 Å². The Kier molecular flexibility index (Phi) is 4.90. The van der Waals surface area contributed by atoms with Crippen molar-refractivity contribution in [3.63, 3.8) is 0 Å². The van der Waals surface area contributed by atoms with Gasteiger partial charge in [-0.1, -0.05) is 13.8 Å². The average molecular weight is 252 g/mol. The van der Waals surface area contributed by atoms with Gasteiger partial charge in [0.05, 0.1) is 0 Å². The van der Waals surface area contributed by atoms with Crippen molar-refractivity contribution in [3.05, 3.63) is 22.7 Å². The molecule has 0 unspecified atom stereocenters. The van der Waals surface area contributed by atoms with E-state index in [4.69, 9.17) is 5.73 Å². The minimum Gasteiger partial charge on any atom is -0.364 e. The fourth-order valence-electron chi connectivity index (χ4n) is 1.71. The molecule has 3 N–H and O–H groups in total. The Morgan fingerprint density at radius 2 is 2.06 bits per heavy atom. The second-order valence-electron chi connectivity index (χ2n) is 5.01. The smallest absolute Gasteiger partial charge is 0.293 e. The molecule has 0 aliphatic heterocycles. The predicted octanol–water partition coefficient (Wildman–Crippen LogP) is 1.75. The van der Waals surface area contributed by atoms with Crippen molar-refractivity contribution in [1.29, 1.82) is 0 Å². The molecule has 0 radical (unpaired) electrons. The third-order valence-corrected chi connectivity index (χ3v) is 3.44. The van der Waals surface area contributed by atoms with Crippen LogP contribution in [-0.2, 0) is 0 Å². The lowest BCUT2D eigenvalue weighted by Gasteiger charge is -2.27. The fraction of sp³-hybridized carbons (Fsp3) is 0.692. The molecule has 0 amide bonds. The van der Waals surface area contributed by atoms with E-state index in [1.807, 2.05) is 13.8 Å². The van der Waals surface area contributed by atoms with E-state index in [0.717, 1.165) is 12.8 Å². The third-order valence-electron chi connectivity index (χ3n) is 3.44. The second-order valence-corrected chi connectivity index (χ2v) is 5.01. The molecular weight excluding hydrogens is 228 g/mol. The van der Waals surface area contributed by atoms with Crippen LogP contribution in [0.2, 0.25) is 0 Å². The normalized spacial score (nSPS) is 11.9. The summed E-state index contributed by atoms with van der Waals surface area (Å²) in [6.45, 7) is 8.60. The SMILES string of the molecule is CCC(N)(CC)CNc1nccn(C(C)C)c1=O. The molecular formula is C13H24N4O. The molecule has 18 heavy (non-hydrogen) atoms. The number of hydrogen-bond donors (Lipinski definition) is 2. The minimum atomic E-state index is -0.285. The van der Waals surface area contributed by atoms with Gasteiger partial charge >= 0.3 is 0 Å². The van der Waals surface area contributed by atoms with E-state index in [2.05, 4.69) is 24.1 Å². The lowest BCUT2D eigenvalue weighted by Crippen LogP contribution is -2.46. The summed E-state index contributed by atoms with van der Waals surface area (Å²) in [6.07, 6.45) is 5.07. The summed E-state index contributed by atoms with van der Waals surface area (Å²) in [5.74, 6) is 0.378. The summed E-state index contributed by atoms with van der Waals surface area (Å²) >= 11 is 0. The van der Waals surface area contributed by atoms with Crippen LogP contribution in [0.15, 0.2) is 17.2 Å². The van der Waals surface area contributed by atoms with Crippen molar-refractivity contribution < 1.29 is 0 Å². The molecule has 0 fully saturated rings. The van der Waals surface area contributed by atoms with Crippen LogP contribution in [0.3, 0.4) is 0 Å². The number of rotatable bonds is 6. The third kappa shape index (κ3) is 3.32. The van der Waals surface area contributed by atoms with Gasteiger partial charge in [-0.15, -0.1) is 0 Å². The van der Waals surface area contributed by atoms with Gasteiger partial charge in [0.2, 0.25) is 0 Å². The zero-order valence-corrected chi connectivity index (χ0v) is 11.7. The van der Waals surface area contributed by atoms with Crippen LogP contribution in [0.5, 0.6) is 0 Å². The Bertz CT molecular complexity index is 435. The molecule has 102 valence electrons. The number of hydrogen-bond acceptors (Lipinski definition) is 4. The van der Waals surface area contributed by atoms with Gasteiger partial charge in [-0.3, -0.25) is 4.79 Å². The van der Waals surface area contributed by atoms with Crippen molar-refractivity contribution in [1.82, 2.24) is 9.55 Å². The molecule has 0 aliphatic carbocycles. The average Bonchev–Trinajstić information content (AvgIpc) is 2.37. The van der Waals surface area contributed by atoms with Gasteiger partial charge in [0.25, 0.3) is 5.56 Å². The number of aromatic nitrogens is 2. The van der Waals surface area contributed by atoms with E-state index >= 15 is 0 Å². The molecule has 0 spiro atoms. The molecule has 0 saturated heterocycles. The number of nitrogens with zero attached hydrogens (tertiary/aromatic N) is 2. The summed E-state index contributed by atoms with van der Waals surface area (Å²) < 4.78 is 1.66. The van der Waals surface area contributed by atoms with Crippen LogP contribution < -0.4 is 16.6 Å². The van der Waals surface area contributed by atoms with Gasteiger partial charge in [0.15, 0.2) is 5.82 Å². The first-order valence-electron chi connectivity index (χ1n) is 6.53.